The summed E-state index contributed by atoms with van der Waals surface area (Å²) in [6, 6.07) is 82.2. The highest BCUT2D eigenvalue weighted by Crippen LogP contribution is 2.53. The number of nitrogens with zero attached hydrogens (tertiary/aromatic N) is 5. The normalized spacial score (nSPS) is 14.2. The minimum absolute atomic E-state index is 0.0623. The number of hydrogen-bond acceptors (Lipinski definition) is 8. The fourth-order valence-corrected chi connectivity index (χ4v) is 14.8. The first kappa shape index (κ1) is 54.9. The molecule has 1 aliphatic heterocycles. The molecule has 0 spiro atoms. The van der Waals surface area contributed by atoms with Crippen molar-refractivity contribution in [2.75, 3.05) is 12.0 Å². The topological polar surface area (TPSA) is 90.5 Å². The SMILES string of the molecule is CCc1ccccc1-c1cc(-c2cc3oc4c(-c5ccnc(-c6cccc(OC)c6)n5)ccc5c6cc(N(c7ccccc7)c7cccc(-c8ccccc8)c7)cc7oc8c(-c9ccnc(-c%10cccc%11c%10OC%10C=CC=CC%11%10)c9)ccc(c(c2)c3c45)c8c76)cc[n+]1CC. The first-order valence-electron chi connectivity index (χ1n) is 32.2. The van der Waals surface area contributed by atoms with Crippen molar-refractivity contribution in [2.45, 2.75) is 38.8 Å². The number of ether oxygens (including phenoxy) is 2. The fourth-order valence-electron chi connectivity index (χ4n) is 14.8. The highest BCUT2D eigenvalue weighted by atomic mass is 16.5. The van der Waals surface area contributed by atoms with Crippen molar-refractivity contribution in [1.82, 2.24) is 15.0 Å². The average molecular weight is 1220 g/mol. The Morgan fingerprint density at radius 2 is 1.16 bits per heavy atom. The summed E-state index contributed by atoms with van der Waals surface area (Å²) in [5.74, 6) is 2.32. The van der Waals surface area contributed by atoms with E-state index in [1.54, 1.807) is 7.11 Å². The van der Waals surface area contributed by atoms with Crippen LogP contribution >= 0.6 is 0 Å². The number of fused-ring (bicyclic) bond motifs is 5. The van der Waals surface area contributed by atoms with E-state index >= 15 is 0 Å². The Morgan fingerprint density at radius 3 is 1.99 bits per heavy atom. The second-order valence-electron chi connectivity index (χ2n) is 24.4. The van der Waals surface area contributed by atoms with Gasteiger partial charge < -0.3 is 23.2 Å². The van der Waals surface area contributed by atoms with E-state index in [4.69, 9.17) is 33.3 Å². The minimum Gasteiger partial charge on any atom is -0.497 e. The van der Waals surface area contributed by atoms with Gasteiger partial charge in [-0.1, -0.05) is 140 Å². The van der Waals surface area contributed by atoms with E-state index in [0.29, 0.717) is 5.82 Å². The molecule has 2 atom stereocenters. The number of allylic oxidation sites excluding steroid dienone is 2. The lowest BCUT2D eigenvalue weighted by Gasteiger charge is -2.26. The minimum atomic E-state index is -0.0623. The van der Waals surface area contributed by atoms with Crippen molar-refractivity contribution in [3.63, 3.8) is 0 Å². The Balaban J connectivity index is 0.948. The van der Waals surface area contributed by atoms with Gasteiger partial charge in [-0.3, -0.25) is 4.98 Å². The van der Waals surface area contributed by atoms with Gasteiger partial charge >= 0.3 is 0 Å². The number of aryl methyl sites for hydroxylation is 2. The molecule has 448 valence electrons. The van der Waals surface area contributed by atoms with Gasteiger partial charge in [0.25, 0.3) is 0 Å². The Labute approximate surface area is 542 Å². The van der Waals surface area contributed by atoms with Gasteiger partial charge in [0.05, 0.1) is 24.2 Å². The van der Waals surface area contributed by atoms with Gasteiger partial charge in [0.1, 0.15) is 46.5 Å². The summed E-state index contributed by atoms with van der Waals surface area (Å²) in [6.07, 6.45) is 15.4. The molecule has 6 heterocycles. The Bertz CT molecular complexity index is 5770. The summed E-state index contributed by atoms with van der Waals surface area (Å²) >= 11 is 0. The van der Waals surface area contributed by atoms with E-state index in [2.05, 4.69) is 254 Å². The maximum absolute atomic E-state index is 7.71. The molecule has 0 bridgehead atoms. The molecule has 11 aromatic carbocycles. The van der Waals surface area contributed by atoms with Crippen LogP contribution in [0.3, 0.4) is 0 Å². The highest BCUT2D eigenvalue weighted by Gasteiger charge is 2.35. The molecule has 94 heavy (non-hydrogen) atoms. The average Bonchev–Trinajstić information content (AvgIpc) is 1.40. The third-order valence-electron chi connectivity index (χ3n) is 19.2. The van der Waals surface area contributed by atoms with Gasteiger partial charge in [-0.05, 0) is 171 Å². The molecule has 9 heteroatoms. The van der Waals surface area contributed by atoms with E-state index in [1.807, 2.05) is 42.7 Å². The number of aromatic nitrogens is 4. The third kappa shape index (κ3) is 8.90. The Hall–Kier alpha value is -11.9. The second kappa shape index (κ2) is 22.2. The van der Waals surface area contributed by atoms with Gasteiger partial charge in [0.15, 0.2) is 12.0 Å². The molecule has 9 nitrogen and oxygen atoms in total. The third-order valence-corrected chi connectivity index (χ3v) is 19.2. The summed E-state index contributed by atoms with van der Waals surface area (Å²) < 4.78 is 30.1. The lowest BCUT2D eigenvalue weighted by molar-refractivity contribution is -0.682. The zero-order chi connectivity index (χ0) is 62.5. The lowest BCUT2D eigenvalue weighted by atomic mass is 9.89. The van der Waals surface area contributed by atoms with Gasteiger partial charge in [0, 0.05) is 103 Å². The summed E-state index contributed by atoms with van der Waals surface area (Å²) in [6.45, 7) is 5.26. The van der Waals surface area contributed by atoms with Crippen LogP contribution in [-0.4, -0.2) is 28.2 Å². The predicted octanol–water partition coefficient (Wildman–Crippen LogP) is 21.4. The van der Waals surface area contributed by atoms with E-state index in [0.717, 1.165) is 174 Å². The van der Waals surface area contributed by atoms with Crippen molar-refractivity contribution < 1.29 is 22.9 Å². The summed E-state index contributed by atoms with van der Waals surface area (Å²) in [5.41, 5.74) is 21.2. The Kier molecular flexibility index (Phi) is 13.0. The smallest absolute Gasteiger partial charge is 0.213 e. The van der Waals surface area contributed by atoms with Crippen LogP contribution in [0.1, 0.15) is 30.9 Å². The predicted molar refractivity (Wildman–Crippen MR) is 381 cm³/mol. The summed E-state index contributed by atoms with van der Waals surface area (Å²) in [4.78, 5) is 17.5. The molecule has 2 unspecified atom stereocenters. The lowest BCUT2D eigenvalue weighted by Crippen LogP contribution is -2.34. The van der Waals surface area contributed by atoms with Crippen molar-refractivity contribution >= 4 is 82.5 Å². The molecule has 18 rings (SSSR count). The Morgan fingerprint density at radius 1 is 0.468 bits per heavy atom. The van der Waals surface area contributed by atoms with Crippen molar-refractivity contribution in [1.29, 1.82) is 0 Å². The van der Waals surface area contributed by atoms with Gasteiger partial charge in [-0.15, -0.1) is 0 Å². The molecule has 0 N–H and O–H groups in total. The maximum atomic E-state index is 7.71. The number of methoxy groups -OCH3 is 1. The first-order valence-corrected chi connectivity index (χ1v) is 32.2. The van der Waals surface area contributed by atoms with Crippen LogP contribution in [0.4, 0.5) is 17.1 Å². The zero-order valence-electron chi connectivity index (χ0n) is 51.9. The maximum Gasteiger partial charge on any atom is 0.213 e. The van der Waals surface area contributed by atoms with Crippen LogP contribution in [0, 0.1) is 0 Å². The standard InChI is InChI=1S/C85H60N5O4/c1-4-51-19-12-13-28-62(51)74-47-54(39-42-89(74)5-2)57-45-70-65-34-33-63(55-37-40-86-73(46-55)68-31-18-30-67-64-29-14-15-32-75(64)92-82(67)68)83-80(65)79-71(49-60(50-77(79)94-83)90(58-24-10-7-11-25-58)59-26-16-22-53(43-59)52-20-8-6-9-21-52)66-35-36-69(84-81(66)78(70)76(48-57)93-84)72-38-41-87-85(88-72)56-23-17-27-61(44-56)91-3/h6-50,64,75H,4-5H2,1-3H3/q+1. The van der Waals surface area contributed by atoms with Crippen LogP contribution in [0.15, 0.2) is 282 Å². The van der Waals surface area contributed by atoms with E-state index < -0.39 is 0 Å². The first-order chi connectivity index (χ1) is 46.4. The summed E-state index contributed by atoms with van der Waals surface area (Å²) in [7, 11) is 1.68. The molecule has 16 aromatic rings. The number of para-hydroxylation sites is 2. The van der Waals surface area contributed by atoms with Crippen LogP contribution in [0.2, 0.25) is 0 Å². The molecular formula is C85H60N5O4+. The molecule has 0 fully saturated rings. The van der Waals surface area contributed by atoms with E-state index in [-0.39, 0.29) is 12.0 Å². The molecule has 0 amide bonds. The van der Waals surface area contributed by atoms with Gasteiger partial charge in [-0.25, -0.2) is 9.97 Å². The van der Waals surface area contributed by atoms with Gasteiger partial charge in [0.2, 0.25) is 5.69 Å². The summed E-state index contributed by atoms with van der Waals surface area (Å²) in [5, 5.41) is 8.04. The van der Waals surface area contributed by atoms with Crippen LogP contribution in [0.25, 0.3) is 144 Å². The fraction of sp³-hybridized carbons (Fsp3) is 0.0824. The molecule has 0 saturated heterocycles. The number of hydrogen-bond donors (Lipinski definition) is 0. The molecular weight excluding hydrogens is 1150 g/mol. The zero-order valence-corrected chi connectivity index (χ0v) is 51.9. The molecule has 1 aliphatic carbocycles. The quantitative estimate of drug-likeness (QED) is 0.105. The number of furan rings is 2. The second-order valence-corrected chi connectivity index (χ2v) is 24.4. The van der Waals surface area contributed by atoms with Gasteiger partial charge in [-0.2, -0.15) is 4.57 Å². The number of rotatable bonds is 13. The van der Waals surface area contributed by atoms with Crippen molar-refractivity contribution in [3.8, 4) is 90.0 Å². The van der Waals surface area contributed by atoms with Crippen molar-refractivity contribution in [3.05, 3.63) is 285 Å². The molecule has 2 aliphatic rings. The monoisotopic (exact) mass is 1210 g/mol. The van der Waals surface area contributed by atoms with E-state index in [1.165, 1.54) is 16.7 Å². The van der Waals surface area contributed by atoms with Crippen LogP contribution < -0.4 is 18.9 Å². The molecule has 0 radical (unpaired) electrons. The number of pyridine rings is 2. The number of benzene rings is 10. The van der Waals surface area contributed by atoms with Crippen molar-refractivity contribution in [2.24, 2.45) is 0 Å². The molecule has 5 aromatic heterocycles. The molecule has 0 saturated carbocycles. The van der Waals surface area contributed by atoms with E-state index in [9.17, 15) is 0 Å². The van der Waals surface area contributed by atoms with Crippen LogP contribution in [0.5, 0.6) is 11.5 Å². The number of anilines is 3. The highest BCUT2D eigenvalue weighted by molar-refractivity contribution is 6.38. The van der Waals surface area contributed by atoms with Crippen LogP contribution in [-0.2, 0) is 13.0 Å². The largest absolute Gasteiger partial charge is 0.497 e.